The van der Waals surface area contributed by atoms with Gasteiger partial charge in [0, 0.05) is 37.1 Å². The molecule has 2 aromatic heterocycles. The Morgan fingerprint density at radius 3 is 2.50 bits per heavy atom. The van der Waals surface area contributed by atoms with E-state index >= 15 is 0 Å². The Kier molecular flexibility index (Phi) is 6.23. The van der Waals surface area contributed by atoms with E-state index in [0.717, 1.165) is 52.3 Å². The maximum Gasteiger partial charge on any atom is 0.338 e. The molecule has 0 unspecified atom stereocenters. The SMILES string of the molecule is COC(=O)c1ccn2c(NC3CCCCC3)c(-c3ccc(-c4ccc5c(c4)CN(C)C(=O)N5)cc3)nc2c1. The number of nitrogens with one attached hydrogen (secondary N) is 2. The summed E-state index contributed by atoms with van der Waals surface area (Å²) in [6, 6.07) is 18.4. The van der Waals surface area contributed by atoms with Gasteiger partial charge in [-0.25, -0.2) is 14.6 Å². The van der Waals surface area contributed by atoms with E-state index < -0.39 is 0 Å². The van der Waals surface area contributed by atoms with Crippen LogP contribution in [0, 0.1) is 0 Å². The Morgan fingerprint density at radius 1 is 1.00 bits per heavy atom. The number of carbonyl (C=O) groups excluding carboxylic acids is 2. The van der Waals surface area contributed by atoms with Crippen LogP contribution in [0.4, 0.5) is 16.3 Å². The Labute approximate surface area is 221 Å². The number of amides is 2. The number of rotatable bonds is 5. The second-order valence-electron chi connectivity index (χ2n) is 10.2. The van der Waals surface area contributed by atoms with Crippen molar-refractivity contribution < 1.29 is 14.3 Å². The average molecular weight is 510 g/mol. The van der Waals surface area contributed by atoms with Crippen molar-refractivity contribution in [3.8, 4) is 22.4 Å². The van der Waals surface area contributed by atoms with Gasteiger partial charge in [-0.1, -0.05) is 49.6 Å². The van der Waals surface area contributed by atoms with Crippen molar-refractivity contribution >= 4 is 29.2 Å². The smallest absolute Gasteiger partial charge is 0.338 e. The highest BCUT2D eigenvalue weighted by molar-refractivity contribution is 5.93. The number of carbonyl (C=O) groups is 2. The van der Waals surface area contributed by atoms with Crippen LogP contribution in [0.1, 0.15) is 48.0 Å². The lowest BCUT2D eigenvalue weighted by molar-refractivity contribution is 0.0600. The zero-order valence-electron chi connectivity index (χ0n) is 21.7. The fraction of sp³-hybridized carbons (Fsp3) is 0.300. The minimum atomic E-state index is -0.376. The molecule has 1 aliphatic heterocycles. The molecule has 0 saturated heterocycles. The van der Waals surface area contributed by atoms with Crippen molar-refractivity contribution in [3.05, 3.63) is 71.9 Å². The summed E-state index contributed by atoms with van der Waals surface area (Å²) in [7, 11) is 3.18. The Morgan fingerprint density at radius 2 is 1.74 bits per heavy atom. The summed E-state index contributed by atoms with van der Waals surface area (Å²) in [5.41, 5.74) is 7.18. The van der Waals surface area contributed by atoms with Crippen LogP contribution in [0.3, 0.4) is 0 Å². The first-order valence-corrected chi connectivity index (χ1v) is 13.1. The number of fused-ring (bicyclic) bond motifs is 2. The van der Waals surface area contributed by atoms with Crippen LogP contribution in [-0.4, -0.2) is 46.5 Å². The van der Waals surface area contributed by atoms with Crippen LogP contribution in [0.15, 0.2) is 60.8 Å². The topological polar surface area (TPSA) is 88.0 Å². The van der Waals surface area contributed by atoms with Crippen molar-refractivity contribution in [2.75, 3.05) is 24.8 Å². The molecule has 0 spiro atoms. The molecule has 2 N–H and O–H groups in total. The summed E-state index contributed by atoms with van der Waals surface area (Å²) < 4.78 is 6.94. The summed E-state index contributed by atoms with van der Waals surface area (Å²) in [4.78, 5) is 30.7. The van der Waals surface area contributed by atoms with Crippen molar-refractivity contribution in [3.63, 3.8) is 0 Å². The van der Waals surface area contributed by atoms with Gasteiger partial charge < -0.3 is 20.3 Å². The molecular weight excluding hydrogens is 478 g/mol. The second-order valence-corrected chi connectivity index (χ2v) is 10.2. The molecule has 2 aromatic carbocycles. The van der Waals surface area contributed by atoms with Crippen LogP contribution < -0.4 is 10.6 Å². The number of anilines is 2. The van der Waals surface area contributed by atoms with Crippen molar-refractivity contribution in [2.45, 2.75) is 44.7 Å². The number of methoxy groups -OCH3 is 1. The minimum Gasteiger partial charge on any atom is -0.465 e. The van der Waals surface area contributed by atoms with Crippen LogP contribution in [0.5, 0.6) is 0 Å². The van der Waals surface area contributed by atoms with Gasteiger partial charge >= 0.3 is 12.0 Å². The molecule has 38 heavy (non-hydrogen) atoms. The number of urea groups is 1. The summed E-state index contributed by atoms with van der Waals surface area (Å²) in [5, 5.41) is 6.69. The Bertz CT molecular complexity index is 1520. The third-order valence-electron chi connectivity index (χ3n) is 7.59. The van der Waals surface area contributed by atoms with Gasteiger partial charge in [0.15, 0.2) is 0 Å². The van der Waals surface area contributed by atoms with E-state index in [1.807, 2.05) is 22.7 Å². The van der Waals surface area contributed by atoms with Gasteiger partial charge in [0.2, 0.25) is 0 Å². The zero-order valence-corrected chi connectivity index (χ0v) is 21.7. The molecule has 0 atom stereocenters. The fourth-order valence-corrected chi connectivity index (χ4v) is 5.45. The van der Waals surface area contributed by atoms with Gasteiger partial charge in [-0.15, -0.1) is 0 Å². The van der Waals surface area contributed by atoms with E-state index in [4.69, 9.17) is 9.72 Å². The molecule has 1 aliphatic carbocycles. The molecule has 8 heteroatoms. The minimum absolute atomic E-state index is 0.0848. The first-order chi connectivity index (χ1) is 18.5. The molecule has 6 rings (SSSR count). The second kappa shape index (κ2) is 9.85. The van der Waals surface area contributed by atoms with E-state index in [1.54, 1.807) is 24.1 Å². The van der Waals surface area contributed by atoms with Gasteiger partial charge in [0.25, 0.3) is 0 Å². The molecule has 0 radical (unpaired) electrons. The maximum absolute atomic E-state index is 12.1. The molecule has 194 valence electrons. The Hall–Kier alpha value is -4.33. The van der Waals surface area contributed by atoms with Crippen molar-refractivity contribution in [2.24, 2.45) is 0 Å². The monoisotopic (exact) mass is 509 g/mol. The van der Waals surface area contributed by atoms with Crippen molar-refractivity contribution in [1.82, 2.24) is 14.3 Å². The van der Waals surface area contributed by atoms with Crippen LogP contribution >= 0.6 is 0 Å². The zero-order chi connectivity index (χ0) is 26.2. The van der Waals surface area contributed by atoms with E-state index in [2.05, 4.69) is 41.0 Å². The summed E-state index contributed by atoms with van der Waals surface area (Å²) in [6.45, 7) is 0.581. The lowest BCUT2D eigenvalue weighted by atomic mass is 9.95. The quantitative estimate of drug-likeness (QED) is 0.314. The number of benzene rings is 2. The summed E-state index contributed by atoms with van der Waals surface area (Å²) in [6.07, 6.45) is 7.91. The number of esters is 1. The first-order valence-electron chi connectivity index (χ1n) is 13.1. The maximum atomic E-state index is 12.1. The lowest BCUT2D eigenvalue weighted by Crippen LogP contribution is -2.35. The molecule has 4 aromatic rings. The average Bonchev–Trinajstić information content (AvgIpc) is 3.31. The first kappa shape index (κ1) is 24.0. The highest BCUT2D eigenvalue weighted by atomic mass is 16.5. The number of pyridine rings is 1. The van der Waals surface area contributed by atoms with Crippen LogP contribution in [-0.2, 0) is 11.3 Å². The molecule has 2 aliphatic rings. The highest BCUT2D eigenvalue weighted by Gasteiger charge is 2.22. The van der Waals surface area contributed by atoms with Gasteiger partial charge in [-0.05, 0) is 53.8 Å². The predicted molar refractivity (Wildman–Crippen MR) is 148 cm³/mol. The highest BCUT2D eigenvalue weighted by Crippen LogP contribution is 2.34. The van der Waals surface area contributed by atoms with Gasteiger partial charge in [0.05, 0.1) is 12.7 Å². The molecule has 1 fully saturated rings. The molecular formula is C30H31N5O3. The lowest BCUT2D eigenvalue weighted by Gasteiger charge is -2.26. The molecule has 3 heterocycles. The fourth-order valence-electron chi connectivity index (χ4n) is 5.45. The third kappa shape index (κ3) is 4.47. The van der Waals surface area contributed by atoms with E-state index in [1.165, 1.54) is 26.4 Å². The van der Waals surface area contributed by atoms with Gasteiger partial charge in [0.1, 0.15) is 17.2 Å². The number of nitrogens with zero attached hydrogens (tertiary/aromatic N) is 3. The van der Waals surface area contributed by atoms with E-state index in [0.29, 0.717) is 23.8 Å². The molecule has 1 saturated carbocycles. The number of hydrogen-bond acceptors (Lipinski definition) is 5. The standard InChI is InChI=1S/C30H31N5O3/c1-34-18-23-16-21(12-13-25(23)32-30(34)37)19-8-10-20(11-9-19)27-28(31-24-6-4-3-5-7-24)35-15-14-22(29(36)38-2)17-26(35)33-27/h8-17,24,31H,3-7,18H2,1-2H3,(H,32,37). The third-order valence-corrected chi connectivity index (χ3v) is 7.59. The summed E-state index contributed by atoms with van der Waals surface area (Å²) >= 11 is 0. The van der Waals surface area contributed by atoms with Crippen LogP contribution in [0.2, 0.25) is 0 Å². The molecule has 8 nitrogen and oxygen atoms in total. The molecule has 0 bridgehead atoms. The normalized spacial score (nSPS) is 15.7. The number of hydrogen-bond donors (Lipinski definition) is 2. The predicted octanol–water partition coefficient (Wildman–Crippen LogP) is 6.18. The number of aromatic nitrogens is 2. The van der Waals surface area contributed by atoms with Crippen molar-refractivity contribution in [1.29, 1.82) is 0 Å². The van der Waals surface area contributed by atoms with Crippen LogP contribution in [0.25, 0.3) is 28.0 Å². The number of ether oxygens (including phenoxy) is 1. The largest absolute Gasteiger partial charge is 0.465 e. The van der Waals surface area contributed by atoms with E-state index in [9.17, 15) is 9.59 Å². The van der Waals surface area contributed by atoms with Gasteiger partial charge in [-0.2, -0.15) is 0 Å². The number of imidazole rings is 1. The van der Waals surface area contributed by atoms with E-state index in [-0.39, 0.29) is 12.0 Å². The summed E-state index contributed by atoms with van der Waals surface area (Å²) in [5.74, 6) is 0.572. The Balaban J connectivity index is 1.36. The molecule has 2 amide bonds. The van der Waals surface area contributed by atoms with Gasteiger partial charge in [-0.3, -0.25) is 4.40 Å².